The zero-order valence-electron chi connectivity index (χ0n) is 25.8. The molecule has 0 heterocycles. The number of benzene rings is 1. The van der Waals surface area contributed by atoms with Crippen LogP contribution in [0.5, 0.6) is 11.5 Å². The molecule has 0 amide bonds. The maximum atomic E-state index is 12.5. The van der Waals surface area contributed by atoms with Crippen LogP contribution in [-0.4, -0.2) is 54.7 Å². The molecule has 1 aromatic rings. The van der Waals surface area contributed by atoms with Crippen molar-refractivity contribution in [3.63, 3.8) is 0 Å². The third-order valence-corrected chi connectivity index (χ3v) is 5.77. The Morgan fingerprint density at radius 1 is 0.878 bits per heavy atom. The Hall–Kier alpha value is -3.34. The summed E-state index contributed by atoms with van der Waals surface area (Å²) >= 11 is 0. The van der Waals surface area contributed by atoms with Crippen LogP contribution in [0.1, 0.15) is 93.1 Å². The fourth-order valence-corrected chi connectivity index (χ4v) is 3.64. The molecule has 11 nitrogen and oxygen atoms in total. The zero-order valence-corrected chi connectivity index (χ0v) is 25.8. The average Bonchev–Trinajstić information content (AvgIpc) is 2.84. The van der Waals surface area contributed by atoms with E-state index in [0.29, 0.717) is 12.0 Å². The largest absolute Gasteiger partial charge is 0.513 e. The molecule has 0 bridgehead atoms. The van der Waals surface area contributed by atoms with Crippen LogP contribution >= 0.6 is 0 Å². The van der Waals surface area contributed by atoms with E-state index < -0.39 is 36.3 Å². The minimum Gasteiger partial charge on any atom is -0.480 e. The van der Waals surface area contributed by atoms with Crippen LogP contribution in [0.3, 0.4) is 0 Å². The van der Waals surface area contributed by atoms with E-state index in [9.17, 15) is 24.3 Å². The van der Waals surface area contributed by atoms with Crippen molar-refractivity contribution in [1.82, 2.24) is 0 Å². The van der Waals surface area contributed by atoms with Gasteiger partial charge in [-0.2, -0.15) is 0 Å². The molecule has 0 fully saturated rings. The molecule has 0 aromatic heterocycles. The number of rotatable bonds is 13. The Bertz CT molecular complexity index is 1040. The summed E-state index contributed by atoms with van der Waals surface area (Å²) in [5.74, 6) is -3.15. The fraction of sp³-hybridized carbons (Fsp3) is 0.667. The van der Waals surface area contributed by atoms with Gasteiger partial charge in [0.05, 0.1) is 25.2 Å². The number of carbonyl (C=O) groups is 4. The molecular formula is C30H47NO10. The predicted octanol–water partition coefficient (Wildman–Crippen LogP) is 6.06. The first-order valence-corrected chi connectivity index (χ1v) is 13.8. The quantitative estimate of drug-likeness (QED) is 0.158. The summed E-state index contributed by atoms with van der Waals surface area (Å²) in [6.45, 7) is 16.8. The molecule has 0 aliphatic carbocycles. The Morgan fingerprint density at radius 2 is 1.39 bits per heavy atom. The second kappa shape index (κ2) is 15.6. The third-order valence-electron chi connectivity index (χ3n) is 5.77. The van der Waals surface area contributed by atoms with Gasteiger partial charge in [0.15, 0.2) is 11.5 Å². The highest BCUT2D eigenvalue weighted by atomic mass is 16.7. The summed E-state index contributed by atoms with van der Waals surface area (Å²) in [6.07, 6.45) is -1.18. The lowest BCUT2D eigenvalue weighted by Gasteiger charge is -2.26. The van der Waals surface area contributed by atoms with E-state index in [1.54, 1.807) is 13.8 Å². The minimum atomic E-state index is -1.38. The van der Waals surface area contributed by atoms with E-state index in [0.717, 1.165) is 6.42 Å². The topological polar surface area (TPSA) is 161 Å². The highest BCUT2D eigenvalue weighted by Gasteiger charge is 2.31. The number of aliphatic carboxylic acids is 1. The van der Waals surface area contributed by atoms with Gasteiger partial charge in [-0.3, -0.25) is 9.59 Å². The van der Waals surface area contributed by atoms with Crippen LogP contribution in [0.2, 0.25) is 0 Å². The van der Waals surface area contributed by atoms with Gasteiger partial charge in [-0.15, -0.1) is 0 Å². The lowest BCUT2D eigenvalue weighted by molar-refractivity contribution is -0.153. The first kappa shape index (κ1) is 35.7. The number of hydrogen-bond acceptors (Lipinski definition) is 10. The van der Waals surface area contributed by atoms with E-state index in [1.165, 1.54) is 18.2 Å². The third kappa shape index (κ3) is 13.7. The van der Waals surface area contributed by atoms with Gasteiger partial charge in [-0.1, -0.05) is 67.9 Å². The first-order valence-electron chi connectivity index (χ1n) is 13.8. The number of ether oxygens (including phenoxy) is 5. The molecule has 1 aromatic carbocycles. The van der Waals surface area contributed by atoms with E-state index in [4.69, 9.17) is 29.4 Å². The van der Waals surface area contributed by atoms with Gasteiger partial charge in [-0.05, 0) is 48.3 Å². The van der Waals surface area contributed by atoms with Crippen molar-refractivity contribution in [1.29, 1.82) is 0 Å². The molecule has 41 heavy (non-hydrogen) atoms. The van der Waals surface area contributed by atoms with Gasteiger partial charge < -0.3 is 34.5 Å². The highest BCUT2D eigenvalue weighted by Crippen LogP contribution is 2.35. The van der Waals surface area contributed by atoms with Crippen molar-refractivity contribution in [3.8, 4) is 11.5 Å². The number of carboxylic acids is 1. The predicted molar refractivity (Wildman–Crippen MR) is 152 cm³/mol. The molecule has 3 N–H and O–H groups in total. The van der Waals surface area contributed by atoms with E-state index in [1.807, 2.05) is 48.5 Å². The minimum absolute atomic E-state index is 0.0567. The number of hydrogen-bond donors (Lipinski definition) is 2. The van der Waals surface area contributed by atoms with Crippen molar-refractivity contribution in [2.75, 3.05) is 13.2 Å². The summed E-state index contributed by atoms with van der Waals surface area (Å²) in [5.41, 5.74) is 5.76. The Morgan fingerprint density at radius 3 is 1.85 bits per heavy atom. The summed E-state index contributed by atoms with van der Waals surface area (Å²) < 4.78 is 26.6. The number of carbonyl (C=O) groups excluding carboxylic acids is 3. The monoisotopic (exact) mass is 581 g/mol. The normalized spacial score (nSPS) is 14.7. The van der Waals surface area contributed by atoms with Crippen LogP contribution < -0.4 is 15.2 Å². The standard InChI is InChI=1S/C30H47NO10/c1-10-11-18(2)26(34)39-19(3)14-21(24(31)25(32)33)20-12-13-22(40-27(35)37-16-29(4,5)6)23(15-20)41-28(36)38-17-30(7,8)9/h12-13,15,18-19,21,24H,10-11,14,16-17,31H2,1-9H3,(H,32,33)/t18?,19?,21?,24-/m0/s1. The summed E-state index contributed by atoms with van der Waals surface area (Å²) in [5, 5.41) is 9.70. The Kier molecular flexibility index (Phi) is 13.6. The van der Waals surface area contributed by atoms with Gasteiger partial charge >= 0.3 is 24.2 Å². The van der Waals surface area contributed by atoms with Gasteiger partial charge in [-0.25, -0.2) is 9.59 Å². The second-order valence-electron chi connectivity index (χ2n) is 12.8. The molecular weight excluding hydrogens is 534 g/mol. The molecule has 0 radical (unpaired) electrons. The van der Waals surface area contributed by atoms with Gasteiger partial charge in [0.25, 0.3) is 0 Å². The van der Waals surface area contributed by atoms with Crippen molar-refractivity contribution >= 4 is 24.2 Å². The Balaban J connectivity index is 3.34. The molecule has 232 valence electrons. The molecule has 3 unspecified atom stereocenters. The van der Waals surface area contributed by atoms with E-state index >= 15 is 0 Å². The van der Waals surface area contributed by atoms with Crippen LogP contribution in [-0.2, 0) is 23.8 Å². The molecule has 0 aliphatic heterocycles. The van der Waals surface area contributed by atoms with Gasteiger partial charge in [0, 0.05) is 5.92 Å². The Labute approximate surface area is 243 Å². The molecule has 0 aliphatic rings. The van der Waals surface area contributed by atoms with Crippen molar-refractivity contribution in [2.45, 2.75) is 99.6 Å². The maximum absolute atomic E-state index is 12.5. The van der Waals surface area contributed by atoms with E-state index in [2.05, 4.69) is 0 Å². The van der Waals surface area contributed by atoms with Crippen LogP contribution in [0.15, 0.2) is 18.2 Å². The van der Waals surface area contributed by atoms with Crippen LogP contribution in [0.25, 0.3) is 0 Å². The van der Waals surface area contributed by atoms with Crippen LogP contribution in [0.4, 0.5) is 9.59 Å². The SMILES string of the molecule is CCCC(C)C(=O)OC(C)CC(c1ccc(OC(=O)OCC(C)(C)C)c(OC(=O)OCC(C)(C)C)c1)[C@H](N)C(=O)O. The number of esters is 1. The summed E-state index contributed by atoms with van der Waals surface area (Å²) in [4.78, 5) is 49.2. The number of nitrogens with two attached hydrogens (primary N) is 1. The van der Waals surface area contributed by atoms with Crippen molar-refractivity contribution in [2.24, 2.45) is 22.5 Å². The lowest BCUT2D eigenvalue weighted by atomic mass is 9.87. The zero-order chi connectivity index (χ0) is 31.5. The summed E-state index contributed by atoms with van der Waals surface area (Å²) in [6, 6.07) is 2.82. The lowest BCUT2D eigenvalue weighted by Crippen LogP contribution is -2.38. The molecule has 4 atom stereocenters. The van der Waals surface area contributed by atoms with Gasteiger partial charge in [0.2, 0.25) is 0 Å². The molecule has 0 saturated carbocycles. The summed E-state index contributed by atoms with van der Waals surface area (Å²) in [7, 11) is 0. The van der Waals surface area contributed by atoms with Crippen LogP contribution in [0, 0.1) is 16.7 Å². The van der Waals surface area contributed by atoms with Gasteiger partial charge in [0.1, 0.15) is 6.04 Å². The average molecular weight is 582 g/mol. The maximum Gasteiger partial charge on any atom is 0.513 e. The van der Waals surface area contributed by atoms with E-state index in [-0.39, 0.29) is 53.9 Å². The highest BCUT2D eigenvalue weighted by molar-refractivity contribution is 5.75. The molecule has 1 rings (SSSR count). The smallest absolute Gasteiger partial charge is 0.480 e. The first-order chi connectivity index (χ1) is 18.8. The fourth-order valence-electron chi connectivity index (χ4n) is 3.64. The second-order valence-corrected chi connectivity index (χ2v) is 12.8. The van der Waals surface area contributed by atoms with Crippen molar-refractivity contribution in [3.05, 3.63) is 23.8 Å². The molecule has 0 saturated heterocycles. The van der Waals surface area contributed by atoms with Crippen molar-refractivity contribution < 1.29 is 48.0 Å². The molecule has 0 spiro atoms. The number of carboxylic acid groups (broad SMARTS) is 1. The molecule has 11 heteroatoms.